The van der Waals surface area contributed by atoms with Gasteiger partial charge in [-0.05, 0) is 36.4 Å². The smallest absolute Gasteiger partial charge is 0.236 e. The van der Waals surface area contributed by atoms with Crippen molar-refractivity contribution < 1.29 is 4.79 Å². The van der Waals surface area contributed by atoms with Gasteiger partial charge in [0.1, 0.15) is 0 Å². The van der Waals surface area contributed by atoms with E-state index in [0.717, 1.165) is 18.0 Å². The molecular formula is C17H22N4OS. The first-order chi connectivity index (χ1) is 11.2. The van der Waals surface area contributed by atoms with Crippen molar-refractivity contribution in [1.29, 1.82) is 0 Å². The Morgan fingerprint density at radius 1 is 1.39 bits per heavy atom. The lowest BCUT2D eigenvalue weighted by molar-refractivity contribution is -0.116. The fourth-order valence-corrected chi connectivity index (χ4v) is 3.56. The Morgan fingerprint density at radius 2 is 2.22 bits per heavy atom. The lowest BCUT2D eigenvalue weighted by atomic mass is 10.00. The summed E-state index contributed by atoms with van der Waals surface area (Å²) in [4.78, 5) is 13.6. The Morgan fingerprint density at radius 3 is 2.91 bits per heavy atom. The van der Waals surface area contributed by atoms with E-state index in [2.05, 4.69) is 51.6 Å². The molecule has 6 heteroatoms. The van der Waals surface area contributed by atoms with Crippen molar-refractivity contribution in [3.05, 3.63) is 35.4 Å². The monoisotopic (exact) mass is 330 g/mol. The van der Waals surface area contributed by atoms with E-state index < -0.39 is 0 Å². The molecule has 0 saturated carbocycles. The van der Waals surface area contributed by atoms with Crippen LogP contribution in [0.2, 0.25) is 0 Å². The van der Waals surface area contributed by atoms with E-state index in [4.69, 9.17) is 0 Å². The third kappa shape index (κ3) is 4.91. The molecule has 3 rings (SSSR count). The maximum atomic E-state index is 11.0. The van der Waals surface area contributed by atoms with E-state index in [1.807, 2.05) is 0 Å². The summed E-state index contributed by atoms with van der Waals surface area (Å²) in [6.45, 7) is 5.75. The molecule has 2 saturated heterocycles. The largest absolute Gasteiger partial charge is 0.303 e. The van der Waals surface area contributed by atoms with E-state index >= 15 is 0 Å². The molecule has 0 bridgehead atoms. The summed E-state index contributed by atoms with van der Waals surface area (Å²) in [5.41, 5.74) is 2.35. The van der Waals surface area contributed by atoms with Gasteiger partial charge in [0.05, 0.1) is 12.0 Å². The summed E-state index contributed by atoms with van der Waals surface area (Å²) in [5, 5.41) is 11.3. The molecule has 0 radical (unpaired) electrons. The van der Waals surface area contributed by atoms with E-state index in [9.17, 15) is 4.79 Å². The van der Waals surface area contributed by atoms with Gasteiger partial charge in [-0.25, -0.2) is 0 Å². The minimum Gasteiger partial charge on any atom is -0.303 e. The van der Waals surface area contributed by atoms with Crippen molar-refractivity contribution in [2.45, 2.75) is 26.3 Å². The highest BCUT2D eigenvalue weighted by molar-refractivity contribution is 8.15. The van der Waals surface area contributed by atoms with Crippen molar-refractivity contribution >= 4 is 29.1 Å². The maximum absolute atomic E-state index is 11.0. The molecule has 1 aromatic carbocycles. The molecule has 0 spiro atoms. The summed E-state index contributed by atoms with van der Waals surface area (Å²) in [5.74, 6) is 1.22. The van der Waals surface area contributed by atoms with Crippen LogP contribution in [0.3, 0.4) is 0 Å². The maximum Gasteiger partial charge on any atom is 0.236 e. The fourth-order valence-electron chi connectivity index (χ4n) is 2.92. The number of nitrogens with zero attached hydrogens (tertiary/aromatic N) is 3. The molecule has 2 aliphatic rings. The number of piperidine rings is 1. The zero-order chi connectivity index (χ0) is 16.1. The van der Waals surface area contributed by atoms with Gasteiger partial charge in [-0.2, -0.15) is 5.10 Å². The van der Waals surface area contributed by atoms with E-state index in [-0.39, 0.29) is 5.91 Å². The predicted molar refractivity (Wildman–Crippen MR) is 95.7 cm³/mol. The topological polar surface area (TPSA) is 57.1 Å². The van der Waals surface area contributed by atoms with Crippen LogP contribution in [0.4, 0.5) is 0 Å². The molecule has 0 aliphatic carbocycles. The first-order valence-electron chi connectivity index (χ1n) is 8.04. The molecule has 1 unspecified atom stereocenters. The van der Waals surface area contributed by atoms with E-state index in [0.29, 0.717) is 10.9 Å². The van der Waals surface area contributed by atoms with Crippen molar-refractivity contribution in [3.8, 4) is 0 Å². The van der Waals surface area contributed by atoms with E-state index in [1.54, 1.807) is 6.21 Å². The summed E-state index contributed by atoms with van der Waals surface area (Å²) in [6.07, 6.45) is 4.37. The molecule has 1 amide bonds. The number of amidine groups is 1. The molecule has 2 fully saturated rings. The number of nitrogens with one attached hydrogen (secondary N) is 1. The van der Waals surface area contributed by atoms with Gasteiger partial charge in [0.15, 0.2) is 5.17 Å². The molecule has 2 heterocycles. The van der Waals surface area contributed by atoms with Crippen molar-refractivity contribution in [3.63, 3.8) is 0 Å². The second-order valence-electron chi connectivity index (χ2n) is 6.21. The van der Waals surface area contributed by atoms with Crippen LogP contribution in [-0.2, 0) is 11.3 Å². The number of thioether (sulfide) groups is 1. The van der Waals surface area contributed by atoms with Gasteiger partial charge in [0.25, 0.3) is 0 Å². The van der Waals surface area contributed by atoms with Crippen LogP contribution < -0.4 is 5.32 Å². The van der Waals surface area contributed by atoms with Crippen LogP contribution in [-0.4, -0.2) is 41.0 Å². The molecule has 5 nitrogen and oxygen atoms in total. The van der Waals surface area contributed by atoms with Gasteiger partial charge in [0, 0.05) is 13.1 Å². The molecule has 23 heavy (non-hydrogen) atoms. The van der Waals surface area contributed by atoms with Crippen LogP contribution in [0, 0.1) is 5.92 Å². The summed E-state index contributed by atoms with van der Waals surface area (Å²) in [7, 11) is 0. The second-order valence-corrected chi connectivity index (χ2v) is 7.17. The van der Waals surface area contributed by atoms with Gasteiger partial charge in [-0.15, -0.1) is 5.10 Å². The number of hydrogen-bond acceptors (Lipinski definition) is 5. The molecule has 1 N–H and O–H groups in total. The molecule has 1 aromatic rings. The zero-order valence-corrected chi connectivity index (χ0v) is 14.2. The summed E-state index contributed by atoms with van der Waals surface area (Å²) in [6, 6.07) is 8.43. The second kappa shape index (κ2) is 7.75. The Kier molecular flexibility index (Phi) is 5.46. The predicted octanol–water partition coefficient (Wildman–Crippen LogP) is 2.47. The first kappa shape index (κ1) is 16.2. The average molecular weight is 330 g/mol. The normalized spacial score (nSPS) is 24.5. The lowest BCUT2D eigenvalue weighted by Crippen LogP contribution is -2.33. The van der Waals surface area contributed by atoms with Crippen LogP contribution >= 0.6 is 11.8 Å². The summed E-state index contributed by atoms with van der Waals surface area (Å²) >= 11 is 1.38. The van der Waals surface area contributed by atoms with Crippen molar-refractivity contribution in [2.24, 2.45) is 16.1 Å². The average Bonchev–Trinajstić information content (AvgIpc) is 2.95. The number of carbonyl (C=O) groups is 1. The van der Waals surface area contributed by atoms with Gasteiger partial charge in [-0.1, -0.05) is 43.0 Å². The Balaban J connectivity index is 1.53. The third-order valence-electron chi connectivity index (χ3n) is 4.07. The lowest BCUT2D eigenvalue weighted by Gasteiger charge is -2.30. The highest BCUT2D eigenvalue weighted by atomic mass is 32.2. The van der Waals surface area contributed by atoms with Crippen LogP contribution in [0.15, 0.2) is 34.5 Å². The SMILES string of the molecule is CC1CCCN(Cc2ccc(C=NN=C3NC(=O)CS3)cc2)C1. The highest BCUT2D eigenvalue weighted by Crippen LogP contribution is 2.18. The molecule has 1 atom stereocenters. The standard InChI is InChI=1S/C17H22N4OS/c1-13-3-2-8-21(10-13)11-15-6-4-14(5-7-15)9-18-20-17-19-16(22)12-23-17/h4-7,9,13H,2-3,8,10-12H2,1H3,(H,19,20,22). The third-order valence-corrected chi connectivity index (χ3v) is 4.93. The number of likely N-dealkylation sites (tertiary alicyclic amines) is 1. The Labute approximate surface area is 141 Å². The minimum atomic E-state index is -0.0136. The van der Waals surface area contributed by atoms with Crippen LogP contribution in [0.25, 0.3) is 0 Å². The fraction of sp³-hybridized carbons (Fsp3) is 0.471. The van der Waals surface area contributed by atoms with Gasteiger partial charge in [-0.3, -0.25) is 9.69 Å². The molecule has 0 aromatic heterocycles. The number of benzene rings is 1. The Hall–Kier alpha value is -1.66. The van der Waals surface area contributed by atoms with Crippen molar-refractivity contribution in [2.75, 3.05) is 18.8 Å². The quantitative estimate of drug-likeness (QED) is 0.681. The number of hydrogen-bond donors (Lipinski definition) is 1. The number of amides is 1. The van der Waals surface area contributed by atoms with Crippen molar-refractivity contribution in [1.82, 2.24) is 10.2 Å². The van der Waals surface area contributed by atoms with E-state index in [1.165, 1.54) is 43.3 Å². The van der Waals surface area contributed by atoms with Gasteiger partial charge >= 0.3 is 0 Å². The van der Waals surface area contributed by atoms with Gasteiger partial charge in [0.2, 0.25) is 5.91 Å². The van der Waals surface area contributed by atoms with Crippen LogP contribution in [0.5, 0.6) is 0 Å². The Bertz CT molecular complexity index is 612. The zero-order valence-electron chi connectivity index (χ0n) is 13.4. The van der Waals surface area contributed by atoms with Crippen LogP contribution in [0.1, 0.15) is 30.9 Å². The molecule has 122 valence electrons. The highest BCUT2D eigenvalue weighted by Gasteiger charge is 2.16. The first-order valence-corrected chi connectivity index (χ1v) is 9.02. The summed E-state index contributed by atoms with van der Waals surface area (Å²) < 4.78 is 0. The molecule has 2 aliphatic heterocycles. The number of rotatable bonds is 4. The van der Waals surface area contributed by atoms with Gasteiger partial charge < -0.3 is 5.32 Å². The molecular weight excluding hydrogens is 308 g/mol. The number of carbonyl (C=O) groups excluding carboxylic acids is 1. The minimum absolute atomic E-state index is 0.0136.